The predicted octanol–water partition coefficient (Wildman–Crippen LogP) is 25.3. The van der Waals surface area contributed by atoms with Gasteiger partial charge in [0.05, 0.1) is 129 Å². The first-order chi connectivity index (χ1) is 59.1. The van der Waals surface area contributed by atoms with Crippen LogP contribution < -0.4 is 0 Å². The molecule has 14 aromatic carbocycles. The molecule has 0 N–H and O–H groups in total. The van der Waals surface area contributed by atoms with Gasteiger partial charge in [-0.1, -0.05) is 145 Å². The first-order valence-electron chi connectivity index (χ1n) is 40.0. The van der Waals surface area contributed by atoms with E-state index in [0.717, 1.165) is 233 Å². The summed E-state index contributed by atoms with van der Waals surface area (Å²) in [6, 6.07) is 109. The van der Waals surface area contributed by atoms with Gasteiger partial charge in [0, 0.05) is 43.4 Å². The number of aromatic nitrogens is 14. The SMILES string of the molecule is Cc1cc2c(cn1)oc1ccc(-n3c4ccccc4n4c5ccccc5nc34)cc12.Cc1ccc2oc3ncc(-n4c5ccccc5n5c6ccccc6nc45)cc3c2c1.Cc1cccc2c1oc1ccc(-n3c4ccccc4n4c5ccccc5nc34)cc12.Cc1cccc2c1oc1ccc(-n3c4ccccc4n4c5ccccc5nc34)cc12. The normalized spacial score (nSPS) is 12.2. The molecule has 0 spiro atoms. The average Bonchev–Trinajstić information content (AvgIpc) is 1.57. The van der Waals surface area contributed by atoms with Crippen LogP contribution in [-0.2, 0) is 0 Å². The monoisotopic (exact) mass is 1550 g/mol. The molecule has 0 unspecified atom stereocenters. The Bertz CT molecular complexity index is 8320. The number of aryl methyl sites for hydroxylation is 4. The van der Waals surface area contributed by atoms with Crippen molar-refractivity contribution in [2.75, 3.05) is 0 Å². The Hall–Kier alpha value is -16.3. The predicted molar refractivity (Wildman–Crippen MR) is 482 cm³/mol. The molecule has 0 radical (unpaired) electrons. The molecule has 18 nitrogen and oxygen atoms in total. The molecule has 0 atom stereocenters. The van der Waals surface area contributed by atoms with E-state index in [1.54, 1.807) is 6.20 Å². The number of hydrogen-bond acceptors (Lipinski definition) is 10. The zero-order chi connectivity index (χ0) is 79.3. The molecule has 28 rings (SSSR count). The van der Waals surface area contributed by atoms with Crippen LogP contribution in [0.3, 0.4) is 0 Å². The zero-order valence-corrected chi connectivity index (χ0v) is 65.1. The Morgan fingerprint density at radius 2 is 0.550 bits per heavy atom. The van der Waals surface area contributed by atoms with Crippen LogP contribution in [0.25, 0.3) is 222 Å². The van der Waals surface area contributed by atoms with Crippen LogP contribution >= 0.6 is 0 Å². The number of imidazole rings is 8. The summed E-state index contributed by atoms with van der Waals surface area (Å²) in [6.45, 7) is 8.27. The Kier molecular flexibility index (Phi) is 14.3. The molecule has 0 aliphatic heterocycles. The van der Waals surface area contributed by atoms with Crippen LogP contribution in [0.2, 0.25) is 0 Å². The second-order valence-electron chi connectivity index (χ2n) is 31.0. The van der Waals surface area contributed by atoms with E-state index in [1.165, 1.54) is 5.56 Å². The molecular weight excluding hydrogens is 1490 g/mol. The first kappa shape index (κ1) is 67.0. The van der Waals surface area contributed by atoms with Gasteiger partial charge < -0.3 is 17.7 Å². The van der Waals surface area contributed by atoms with Gasteiger partial charge in [0.1, 0.15) is 33.5 Å². The Balaban J connectivity index is 0.0000000886. The van der Waals surface area contributed by atoms with E-state index in [0.29, 0.717) is 5.71 Å². The molecule has 568 valence electrons. The third-order valence-electron chi connectivity index (χ3n) is 23.8. The van der Waals surface area contributed by atoms with Crippen LogP contribution in [0.15, 0.2) is 346 Å². The van der Waals surface area contributed by atoms with Gasteiger partial charge in [-0.15, -0.1) is 0 Å². The van der Waals surface area contributed by atoms with Gasteiger partial charge in [0.25, 0.3) is 0 Å². The summed E-state index contributed by atoms with van der Waals surface area (Å²) < 4.78 is 42.1. The van der Waals surface area contributed by atoms with E-state index >= 15 is 0 Å². The molecule has 28 aromatic rings. The maximum Gasteiger partial charge on any atom is 0.227 e. The third kappa shape index (κ3) is 9.96. The maximum atomic E-state index is 6.15. The maximum absolute atomic E-state index is 6.15. The van der Waals surface area contributed by atoms with Crippen molar-refractivity contribution < 1.29 is 17.7 Å². The van der Waals surface area contributed by atoms with E-state index in [2.05, 4.69) is 346 Å². The highest BCUT2D eigenvalue weighted by atomic mass is 16.3. The molecule has 0 aliphatic carbocycles. The number of pyridine rings is 2. The highest BCUT2D eigenvalue weighted by Gasteiger charge is 2.25. The molecule has 14 heterocycles. The molecule has 120 heavy (non-hydrogen) atoms. The summed E-state index contributed by atoms with van der Waals surface area (Å²) >= 11 is 0. The van der Waals surface area contributed by atoms with E-state index in [-0.39, 0.29) is 0 Å². The standard InChI is InChI=1S/2C26H17N3O.2C25H16N4O/c2*1-16-7-6-8-18-19-15-17(13-14-24(19)30-25(16)18)28-22-11-4-5-12-23(22)29-21-10-3-2-9-20(21)27-26(28)29;1-15-12-17-18-13-16(10-11-23(18)30-24(17)14-26-15)28-21-8-4-5-9-22(21)29-20-7-3-2-6-19(20)27-25(28)29;1-15-10-11-23-17(12-15)18-13-16(14-26-24(18)30-23)28-21-8-4-5-9-22(21)29-20-7-3-2-6-19(20)27-25(28)29/h2*2-15H,1H3;2*2-14H,1H3. The van der Waals surface area contributed by atoms with Gasteiger partial charge in [0.2, 0.25) is 28.8 Å². The van der Waals surface area contributed by atoms with E-state index in [9.17, 15) is 0 Å². The molecule has 0 bridgehead atoms. The van der Waals surface area contributed by atoms with Crippen molar-refractivity contribution in [2.24, 2.45) is 0 Å². The molecular formula is C102H66N14O4. The summed E-state index contributed by atoms with van der Waals surface area (Å²) in [5, 5.41) is 8.80. The number of para-hydroxylation sites is 18. The van der Waals surface area contributed by atoms with Crippen LogP contribution in [-0.4, -0.2) is 65.8 Å². The minimum absolute atomic E-state index is 0.653. The van der Waals surface area contributed by atoms with Gasteiger partial charge in [-0.25, -0.2) is 24.9 Å². The summed E-state index contributed by atoms with van der Waals surface area (Å²) in [5.41, 5.74) is 33.0. The Morgan fingerprint density at radius 1 is 0.225 bits per heavy atom. The summed E-state index contributed by atoms with van der Waals surface area (Å²) in [7, 11) is 0. The Labute approximate surface area is 679 Å². The van der Waals surface area contributed by atoms with Crippen molar-refractivity contribution >= 4 is 199 Å². The van der Waals surface area contributed by atoms with Crippen molar-refractivity contribution in [1.29, 1.82) is 0 Å². The second-order valence-corrected chi connectivity index (χ2v) is 31.0. The fourth-order valence-electron chi connectivity index (χ4n) is 18.4. The minimum Gasteiger partial charge on any atom is -0.456 e. The molecule has 0 aliphatic rings. The topological polar surface area (TPSA) is 167 Å². The number of fused-ring (bicyclic) bond motifs is 32. The molecule has 0 saturated carbocycles. The van der Waals surface area contributed by atoms with E-state index in [1.807, 2.05) is 49.5 Å². The van der Waals surface area contributed by atoms with Crippen molar-refractivity contribution in [1.82, 2.24) is 65.8 Å². The van der Waals surface area contributed by atoms with Gasteiger partial charge in [-0.3, -0.25) is 40.9 Å². The van der Waals surface area contributed by atoms with Gasteiger partial charge >= 0.3 is 0 Å². The van der Waals surface area contributed by atoms with Crippen LogP contribution in [0.5, 0.6) is 0 Å². The number of nitrogens with zero attached hydrogens (tertiary/aromatic N) is 14. The first-order valence-corrected chi connectivity index (χ1v) is 40.0. The highest BCUT2D eigenvalue weighted by molar-refractivity contribution is 6.10. The minimum atomic E-state index is 0.653. The van der Waals surface area contributed by atoms with Gasteiger partial charge in [-0.2, -0.15) is 0 Å². The molecule has 14 aromatic heterocycles. The van der Waals surface area contributed by atoms with Crippen LogP contribution in [0, 0.1) is 27.7 Å². The summed E-state index contributed by atoms with van der Waals surface area (Å²) in [4.78, 5) is 28.9. The lowest BCUT2D eigenvalue weighted by Gasteiger charge is -2.05. The molecule has 0 fully saturated rings. The zero-order valence-electron chi connectivity index (χ0n) is 65.1. The largest absolute Gasteiger partial charge is 0.456 e. The van der Waals surface area contributed by atoms with E-state index in [4.69, 9.17) is 37.6 Å². The quantitative estimate of drug-likeness (QED) is 0.165. The Morgan fingerprint density at radius 3 is 0.967 bits per heavy atom. The smallest absolute Gasteiger partial charge is 0.227 e. The number of furan rings is 4. The second kappa shape index (κ2) is 25.6. The fraction of sp³-hybridized carbons (Fsp3) is 0.0392. The molecule has 0 saturated heterocycles. The highest BCUT2D eigenvalue weighted by Crippen LogP contribution is 2.41. The number of benzene rings is 14. The lowest BCUT2D eigenvalue weighted by atomic mass is 10.1. The molecule has 18 heteroatoms. The van der Waals surface area contributed by atoms with Gasteiger partial charge in [0.15, 0.2) is 5.58 Å². The molecule has 0 amide bonds. The van der Waals surface area contributed by atoms with Crippen molar-refractivity contribution in [3.8, 4) is 22.7 Å². The van der Waals surface area contributed by atoms with Crippen molar-refractivity contribution in [3.05, 3.63) is 350 Å². The lowest BCUT2D eigenvalue weighted by Crippen LogP contribution is -1.96. The van der Waals surface area contributed by atoms with Crippen LogP contribution in [0.4, 0.5) is 0 Å². The van der Waals surface area contributed by atoms with Crippen LogP contribution in [0.1, 0.15) is 22.4 Å². The number of rotatable bonds is 4. The van der Waals surface area contributed by atoms with Crippen molar-refractivity contribution in [3.63, 3.8) is 0 Å². The summed E-state index contributed by atoms with van der Waals surface area (Å²) in [6.07, 6.45) is 3.66. The van der Waals surface area contributed by atoms with E-state index < -0.39 is 0 Å². The summed E-state index contributed by atoms with van der Waals surface area (Å²) in [5.74, 6) is 3.62. The third-order valence-corrected chi connectivity index (χ3v) is 23.8. The number of hydrogen-bond donors (Lipinski definition) is 0. The average molecular weight is 1550 g/mol. The van der Waals surface area contributed by atoms with Crippen molar-refractivity contribution in [2.45, 2.75) is 27.7 Å². The lowest BCUT2D eigenvalue weighted by molar-refractivity contribution is 0.654. The van der Waals surface area contributed by atoms with Gasteiger partial charge in [-0.05, 0) is 215 Å². The fourth-order valence-corrected chi connectivity index (χ4v) is 18.4.